The summed E-state index contributed by atoms with van der Waals surface area (Å²) in [5, 5.41) is 4.36. The molecule has 2 aromatic rings. The zero-order valence-corrected chi connectivity index (χ0v) is 11.5. The van der Waals surface area contributed by atoms with Crippen LogP contribution in [0.5, 0.6) is 0 Å². The molecule has 6 heteroatoms. The molecule has 0 bridgehead atoms. The smallest absolute Gasteiger partial charge is 0.130 e. The lowest BCUT2D eigenvalue weighted by molar-refractivity contribution is 0.463. The summed E-state index contributed by atoms with van der Waals surface area (Å²) < 4.78 is 29.3. The fourth-order valence-electron chi connectivity index (χ4n) is 2.07. The molecule has 1 atom stereocenters. The molecular weight excluding hydrogens is 262 g/mol. The van der Waals surface area contributed by atoms with Gasteiger partial charge in [0, 0.05) is 24.2 Å². The van der Waals surface area contributed by atoms with Crippen molar-refractivity contribution in [2.24, 2.45) is 5.84 Å². The summed E-state index contributed by atoms with van der Waals surface area (Å²) in [7, 11) is 0. The van der Waals surface area contributed by atoms with Crippen molar-refractivity contribution in [2.45, 2.75) is 32.4 Å². The standard InChI is InChI=1S/C14H18F2N4/c1-9(2)20-7-6-10(19-20)8-13(18-17)14-11(15)4-3-5-12(14)16/h3-7,9,13,18H,8,17H2,1-2H3. The number of nitrogens with one attached hydrogen (secondary N) is 1. The topological polar surface area (TPSA) is 55.9 Å². The molecule has 0 fully saturated rings. The molecule has 0 spiro atoms. The van der Waals surface area contributed by atoms with Crippen LogP contribution in [0.4, 0.5) is 8.78 Å². The predicted molar refractivity (Wildman–Crippen MR) is 72.7 cm³/mol. The zero-order valence-electron chi connectivity index (χ0n) is 11.5. The van der Waals surface area contributed by atoms with Crippen LogP contribution in [0.1, 0.15) is 37.2 Å². The van der Waals surface area contributed by atoms with Gasteiger partial charge in [-0.3, -0.25) is 16.0 Å². The Morgan fingerprint density at radius 3 is 2.40 bits per heavy atom. The van der Waals surface area contributed by atoms with Crippen LogP contribution in [-0.2, 0) is 6.42 Å². The Morgan fingerprint density at radius 2 is 1.90 bits per heavy atom. The highest BCUT2D eigenvalue weighted by Crippen LogP contribution is 2.23. The van der Waals surface area contributed by atoms with Gasteiger partial charge in [-0.15, -0.1) is 0 Å². The number of hydrogen-bond donors (Lipinski definition) is 2. The Bertz CT molecular complexity index is 560. The van der Waals surface area contributed by atoms with Gasteiger partial charge in [0.05, 0.1) is 11.7 Å². The van der Waals surface area contributed by atoms with Crippen LogP contribution in [0.2, 0.25) is 0 Å². The van der Waals surface area contributed by atoms with E-state index in [1.165, 1.54) is 18.2 Å². The second-order valence-corrected chi connectivity index (χ2v) is 4.94. The fraction of sp³-hybridized carbons (Fsp3) is 0.357. The lowest BCUT2D eigenvalue weighted by atomic mass is 10.0. The number of nitrogens with zero attached hydrogens (tertiary/aromatic N) is 2. The molecule has 0 saturated carbocycles. The highest BCUT2D eigenvalue weighted by molar-refractivity contribution is 5.24. The Morgan fingerprint density at radius 1 is 1.25 bits per heavy atom. The number of hydrogen-bond acceptors (Lipinski definition) is 3. The lowest BCUT2D eigenvalue weighted by Gasteiger charge is -2.16. The van der Waals surface area contributed by atoms with E-state index in [0.29, 0.717) is 6.42 Å². The number of nitrogens with two attached hydrogens (primary N) is 1. The maximum atomic E-state index is 13.8. The second kappa shape index (κ2) is 6.11. The van der Waals surface area contributed by atoms with E-state index in [9.17, 15) is 8.78 Å². The minimum atomic E-state index is -0.660. The van der Waals surface area contributed by atoms with Crippen LogP contribution in [0.25, 0.3) is 0 Å². The number of benzene rings is 1. The largest absolute Gasteiger partial charge is 0.271 e. The van der Waals surface area contributed by atoms with E-state index >= 15 is 0 Å². The van der Waals surface area contributed by atoms with Crippen molar-refractivity contribution in [1.82, 2.24) is 15.2 Å². The van der Waals surface area contributed by atoms with Gasteiger partial charge in [-0.05, 0) is 32.0 Å². The first kappa shape index (κ1) is 14.6. The molecule has 0 aliphatic carbocycles. The first-order valence-electron chi connectivity index (χ1n) is 6.47. The number of aromatic nitrogens is 2. The van der Waals surface area contributed by atoms with Crippen molar-refractivity contribution in [3.8, 4) is 0 Å². The molecular formula is C14H18F2N4. The molecule has 1 aromatic carbocycles. The third-order valence-corrected chi connectivity index (χ3v) is 3.16. The average Bonchev–Trinajstić information content (AvgIpc) is 2.86. The van der Waals surface area contributed by atoms with E-state index in [-0.39, 0.29) is 11.6 Å². The van der Waals surface area contributed by atoms with Crippen LogP contribution in [0.15, 0.2) is 30.5 Å². The molecule has 0 radical (unpaired) electrons. The Kier molecular flexibility index (Phi) is 4.46. The van der Waals surface area contributed by atoms with E-state index in [4.69, 9.17) is 5.84 Å². The maximum absolute atomic E-state index is 13.8. The predicted octanol–water partition coefficient (Wildman–Crippen LogP) is 2.49. The fourth-order valence-corrected chi connectivity index (χ4v) is 2.07. The van der Waals surface area contributed by atoms with Gasteiger partial charge in [-0.25, -0.2) is 8.78 Å². The van der Waals surface area contributed by atoms with Gasteiger partial charge in [-0.2, -0.15) is 5.10 Å². The molecule has 108 valence electrons. The Labute approximate surface area is 116 Å². The number of hydrazine groups is 1. The highest BCUT2D eigenvalue weighted by Gasteiger charge is 2.20. The van der Waals surface area contributed by atoms with Crippen LogP contribution in [0, 0.1) is 11.6 Å². The van der Waals surface area contributed by atoms with Crippen molar-refractivity contribution in [2.75, 3.05) is 0 Å². The van der Waals surface area contributed by atoms with Crippen LogP contribution < -0.4 is 11.3 Å². The van der Waals surface area contributed by atoms with Crippen LogP contribution in [-0.4, -0.2) is 9.78 Å². The average molecular weight is 280 g/mol. The third kappa shape index (κ3) is 3.02. The zero-order chi connectivity index (χ0) is 14.7. The maximum Gasteiger partial charge on any atom is 0.130 e. The van der Waals surface area contributed by atoms with Crippen molar-refractivity contribution >= 4 is 0 Å². The molecule has 0 aliphatic heterocycles. The minimum absolute atomic E-state index is 0.0610. The van der Waals surface area contributed by atoms with Gasteiger partial charge in [0.25, 0.3) is 0 Å². The lowest BCUT2D eigenvalue weighted by Crippen LogP contribution is -2.31. The van der Waals surface area contributed by atoms with Crippen molar-refractivity contribution in [3.05, 3.63) is 53.4 Å². The molecule has 0 amide bonds. The number of halogens is 2. The summed E-state index contributed by atoms with van der Waals surface area (Å²) >= 11 is 0. The van der Waals surface area contributed by atoms with Gasteiger partial charge < -0.3 is 0 Å². The monoisotopic (exact) mass is 280 g/mol. The van der Waals surface area contributed by atoms with E-state index < -0.39 is 17.7 Å². The molecule has 20 heavy (non-hydrogen) atoms. The van der Waals surface area contributed by atoms with Gasteiger partial charge in [0.1, 0.15) is 11.6 Å². The summed E-state index contributed by atoms with van der Waals surface area (Å²) in [5.41, 5.74) is 3.12. The quantitative estimate of drug-likeness (QED) is 0.653. The first-order valence-corrected chi connectivity index (χ1v) is 6.47. The number of rotatable bonds is 5. The normalized spacial score (nSPS) is 12.9. The molecule has 1 heterocycles. The van der Waals surface area contributed by atoms with E-state index in [2.05, 4.69) is 10.5 Å². The minimum Gasteiger partial charge on any atom is -0.271 e. The third-order valence-electron chi connectivity index (χ3n) is 3.16. The SMILES string of the molecule is CC(C)n1ccc(CC(NN)c2c(F)cccc2F)n1. The summed E-state index contributed by atoms with van der Waals surface area (Å²) in [6.45, 7) is 4.01. The van der Waals surface area contributed by atoms with Crippen molar-refractivity contribution in [1.29, 1.82) is 0 Å². The molecule has 0 aliphatic rings. The molecule has 3 N–H and O–H groups in total. The van der Waals surface area contributed by atoms with Crippen LogP contribution in [0.3, 0.4) is 0 Å². The van der Waals surface area contributed by atoms with E-state index in [1.807, 2.05) is 26.1 Å². The molecule has 2 rings (SSSR count). The Balaban J connectivity index is 2.24. The van der Waals surface area contributed by atoms with Crippen molar-refractivity contribution < 1.29 is 8.78 Å². The molecule has 4 nitrogen and oxygen atoms in total. The van der Waals surface area contributed by atoms with Gasteiger partial charge >= 0.3 is 0 Å². The summed E-state index contributed by atoms with van der Waals surface area (Å²) in [6, 6.07) is 5.16. The van der Waals surface area contributed by atoms with Crippen LogP contribution >= 0.6 is 0 Å². The van der Waals surface area contributed by atoms with Gasteiger partial charge in [-0.1, -0.05) is 6.07 Å². The van der Waals surface area contributed by atoms with Gasteiger partial charge in [0.2, 0.25) is 0 Å². The van der Waals surface area contributed by atoms with Crippen molar-refractivity contribution in [3.63, 3.8) is 0 Å². The summed E-state index contributed by atoms with van der Waals surface area (Å²) in [6.07, 6.45) is 2.15. The molecule has 1 unspecified atom stereocenters. The first-order chi connectivity index (χ1) is 9.52. The van der Waals surface area contributed by atoms with E-state index in [0.717, 1.165) is 5.69 Å². The highest BCUT2D eigenvalue weighted by atomic mass is 19.1. The molecule has 0 saturated heterocycles. The molecule has 1 aromatic heterocycles. The summed E-state index contributed by atoms with van der Waals surface area (Å²) in [5.74, 6) is 4.21. The summed E-state index contributed by atoms with van der Waals surface area (Å²) in [4.78, 5) is 0. The Hall–Kier alpha value is -1.79. The second-order valence-electron chi connectivity index (χ2n) is 4.94. The van der Waals surface area contributed by atoms with Gasteiger partial charge in [0.15, 0.2) is 0 Å². The van der Waals surface area contributed by atoms with E-state index in [1.54, 1.807) is 4.68 Å².